The predicted molar refractivity (Wildman–Crippen MR) is 115 cm³/mol. The monoisotopic (exact) mass is 354 g/mol. The minimum Gasteiger partial charge on any atom is -0.310 e. The van der Waals surface area contributed by atoms with E-state index in [1.165, 1.54) is 33.8 Å². The lowest BCUT2D eigenvalue weighted by molar-refractivity contribution is 1.10. The molecular weight excluding hydrogens is 330 g/mol. The molecule has 0 heterocycles. The molecule has 4 rings (SSSR count). The molecule has 1 nitrogen and oxygen atoms in total. The maximum absolute atomic E-state index is 2.42. The van der Waals surface area contributed by atoms with Gasteiger partial charge in [-0.2, -0.15) is 0 Å². The molecule has 2 heteroatoms. The van der Waals surface area contributed by atoms with Crippen LogP contribution in [0.4, 0.5) is 17.1 Å². The van der Waals surface area contributed by atoms with Crippen molar-refractivity contribution >= 4 is 31.9 Å². The summed E-state index contributed by atoms with van der Waals surface area (Å²) in [7, 11) is -0.429. The third-order valence-corrected chi connectivity index (χ3v) is 7.02. The summed E-state index contributed by atoms with van der Waals surface area (Å²) >= 11 is 0. The van der Waals surface area contributed by atoms with E-state index >= 15 is 0 Å². The van der Waals surface area contributed by atoms with Gasteiger partial charge in [0.1, 0.15) is 0 Å². The zero-order chi connectivity index (χ0) is 18.1. The highest BCUT2D eigenvalue weighted by Crippen LogP contribution is 2.45. The van der Waals surface area contributed by atoms with E-state index < -0.39 is 8.80 Å². The molecule has 0 fully saturated rings. The first-order chi connectivity index (χ1) is 12.7. The summed E-state index contributed by atoms with van der Waals surface area (Å²) in [5.41, 5.74) is 8.66. The van der Waals surface area contributed by atoms with Gasteiger partial charge in [-0.1, -0.05) is 73.3 Å². The number of hydrogen-bond donors (Lipinski definition) is 0. The molecule has 0 spiro atoms. The van der Waals surface area contributed by atoms with Gasteiger partial charge in [-0.15, -0.1) is 0 Å². The fourth-order valence-corrected chi connectivity index (χ4v) is 5.95. The predicted octanol–water partition coefficient (Wildman–Crippen LogP) is 6.95. The first kappa shape index (κ1) is 16.9. The minimum absolute atomic E-state index is 0.429. The van der Waals surface area contributed by atoms with Gasteiger partial charge in [0.2, 0.25) is 0 Å². The Morgan fingerprint density at radius 1 is 0.731 bits per heavy atom. The van der Waals surface area contributed by atoms with E-state index in [2.05, 4.69) is 110 Å². The van der Waals surface area contributed by atoms with Crippen molar-refractivity contribution < 1.29 is 0 Å². The number of rotatable bonds is 4. The fraction of sp³-hybridized carbons (Fsp3) is 0.167. The van der Waals surface area contributed by atoms with Crippen molar-refractivity contribution in [1.29, 1.82) is 0 Å². The van der Waals surface area contributed by atoms with Gasteiger partial charge >= 0.3 is 0 Å². The Labute approximate surface area is 158 Å². The van der Waals surface area contributed by atoms with Crippen molar-refractivity contribution in [2.75, 3.05) is 4.90 Å². The average molecular weight is 355 g/mol. The maximum Gasteiger partial charge on any atom is 0.0551 e. The molecule has 129 valence electrons. The molecule has 1 aliphatic rings. The van der Waals surface area contributed by atoms with Gasteiger partial charge in [0.25, 0.3) is 0 Å². The number of hydrogen-bond acceptors (Lipinski definition) is 1. The van der Waals surface area contributed by atoms with Gasteiger partial charge < -0.3 is 4.90 Å². The summed E-state index contributed by atoms with van der Waals surface area (Å²) < 4.78 is 0. The van der Waals surface area contributed by atoms with Gasteiger partial charge in [0, 0.05) is 16.9 Å². The molecule has 0 aliphatic heterocycles. The smallest absolute Gasteiger partial charge is 0.0551 e. The Balaban J connectivity index is 1.92. The van der Waals surface area contributed by atoms with Crippen molar-refractivity contribution in [3.63, 3.8) is 0 Å². The molecule has 1 aliphatic carbocycles. The normalized spacial score (nSPS) is 15.7. The molecule has 0 amide bonds. The highest BCUT2D eigenvalue weighted by molar-refractivity contribution is 6.58. The lowest BCUT2D eigenvalue weighted by atomic mass is 10.0. The van der Waals surface area contributed by atoms with Crippen LogP contribution in [0.2, 0.25) is 13.1 Å². The van der Waals surface area contributed by atoms with Crippen LogP contribution in [0.1, 0.15) is 23.6 Å². The number of allylic oxidation sites excluding steroid dienone is 1. The Hall–Kier alpha value is -2.58. The van der Waals surface area contributed by atoms with Crippen molar-refractivity contribution in [2.45, 2.75) is 25.6 Å². The summed E-state index contributed by atoms with van der Waals surface area (Å²) in [6, 6.07) is 28.1. The van der Waals surface area contributed by atoms with Gasteiger partial charge in [-0.05, 0) is 48.4 Å². The highest BCUT2D eigenvalue weighted by atomic mass is 28.3. The van der Waals surface area contributed by atoms with Crippen molar-refractivity contribution in [3.8, 4) is 0 Å². The molecule has 0 saturated heterocycles. The van der Waals surface area contributed by atoms with Crippen LogP contribution >= 0.6 is 0 Å². The van der Waals surface area contributed by atoms with E-state index in [0.29, 0.717) is 5.54 Å². The highest BCUT2D eigenvalue weighted by Gasteiger charge is 2.29. The van der Waals surface area contributed by atoms with Gasteiger partial charge in [-0.25, -0.2) is 0 Å². The zero-order valence-electron chi connectivity index (χ0n) is 15.6. The maximum atomic E-state index is 2.42. The van der Waals surface area contributed by atoms with E-state index in [9.17, 15) is 0 Å². The van der Waals surface area contributed by atoms with Gasteiger partial charge in [-0.3, -0.25) is 0 Å². The fourth-order valence-electron chi connectivity index (χ4n) is 4.08. The lowest BCUT2D eigenvalue weighted by Gasteiger charge is -2.28. The van der Waals surface area contributed by atoms with Crippen LogP contribution in [-0.2, 0) is 0 Å². The van der Waals surface area contributed by atoms with Crippen LogP contribution in [0.5, 0.6) is 0 Å². The molecule has 0 aromatic heterocycles. The Morgan fingerprint density at radius 2 is 1.31 bits per heavy atom. The molecule has 1 radical (unpaired) electrons. The van der Waals surface area contributed by atoms with E-state index in [4.69, 9.17) is 0 Å². The summed E-state index contributed by atoms with van der Waals surface area (Å²) in [4.78, 5) is 2.38. The van der Waals surface area contributed by atoms with Crippen molar-refractivity contribution in [1.82, 2.24) is 0 Å². The molecule has 1 unspecified atom stereocenters. The SMILES string of the molecule is CC1=Cc2c(cccc2N(c2ccccc2)c2ccccc2)C1[Si](C)C. The van der Waals surface area contributed by atoms with Crippen LogP contribution in [-0.4, -0.2) is 8.80 Å². The summed E-state index contributed by atoms with van der Waals surface area (Å²) in [5.74, 6) is 0. The number of benzene rings is 3. The Kier molecular flexibility index (Phi) is 4.52. The number of para-hydroxylation sites is 2. The topological polar surface area (TPSA) is 3.24 Å². The van der Waals surface area contributed by atoms with Gasteiger partial charge in [0.05, 0.1) is 14.5 Å². The number of fused-ring (bicyclic) bond motifs is 1. The second-order valence-electron chi connectivity index (χ2n) is 7.19. The summed E-state index contributed by atoms with van der Waals surface area (Å²) in [6.07, 6.45) is 2.41. The van der Waals surface area contributed by atoms with Crippen LogP contribution in [0, 0.1) is 0 Å². The minimum atomic E-state index is -0.429. The van der Waals surface area contributed by atoms with Gasteiger partial charge in [0.15, 0.2) is 0 Å². The van der Waals surface area contributed by atoms with Crippen LogP contribution < -0.4 is 4.90 Å². The molecular formula is C24H24NSi. The number of nitrogens with zero attached hydrogens (tertiary/aromatic N) is 1. The summed E-state index contributed by atoms with van der Waals surface area (Å²) in [6.45, 7) is 7.13. The number of anilines is 3. The van der Waals surface area contributed by atoms with E-state index in [1.54, 1.807) is 0 Å². The van der Waals surface area contributed by atoms with Crippen molar-refractivity contribution in [2.24, 2.45) is 0 Å². The average Bonchev–Trinajstić information content (AvgIpc) is 3.00. The van der Waals surface area contributed by atoms with Crippen LogP contribution in [0.25, 0.3) is 6.08 Å². The third kappa shape index (κ3) is 2.91. The molecule has 1 atom stereocenters. The lowest BCUT2D eigenvalue weighted by Crippen LogP contribution is -2.16. The van der Waals surface area contributed by atoms with E-state index in [0.717, 1.165) is 0 Å². The second-order valence-corrected chi connectivity index (χ2v) is 9.92. The standard InChI is InChI=1S/C24H24NSi/c1-18-17-22-21(24(18)26(2)3)15-10-16-23(22)25(19-11-6-4-7-12-19)20-13-8-5-9-14-20/h4-17,24H,1-3H3. The quantitative estimate of drug-likeness (QED) is 0.458. The molecule has 0 N–H and O–H groups in total. The van der Waals surface area contributed by atoms with E-state index in [-0.39, 0.29) is 0 Å². The molecule has 0 bridgehead atoms. The molecule has 26 heavy (non-hydrogen) atoms. The second kappa shape index (κ2) is 6.97. The van der Waals surface area contributed by atoms with Crippen LogP contribution in [0.15, 0.2) is 84.4 Å². The Morgan fingerprint density at radius 3 is 1.85 bits per heavy atom. The third-order valence-electron chi connectivity index (χ3n) is 5.10. The zero-order valence-corrected chi connectivity index (χ0v) is 16.6. The van der Waals surface area contributed by atoms with E-state index in [1.807, 2.05) is 0 Å². The largest absolute Gasteiger partial charge is 0.310 e. The molecule has 3 aromatic carbocycles. The van der Waals surface area contributed by atoms with Crippen LogP contribution in [0.3, 0.4) is 0 Å². The molecule has 0 saturated carbocycles. The van der Waals surface area contributed by atoms with Crippen molar-refractivity contribution in [3.05, 3.63) is 95.6 Å². The first-order valence-electron chi connectivity index (χ1n) is 9.18. The first-order valence-corrected chi connectivity index (χ1v) is 11.8. The summed E-state index contributed by atoms with van der Waals surface area (Å²) in [5, 5.41) is 0. The Bertz CT molecular complexity index is 889. The molecule has 3 aromatic rings.